The van der Waals surface area contributed by atoms with Crippen LogP contribution in [0.25, 0.3) is 5.69 Å². The summed E-state index contributed by atoms with van der Waals surface area (Å²) in [5.41, 5.74) is 2.20. The summed E-state index contributed by atoms with van der Waals surface area (Å²) in [6.45, 7) is 0.405. The number of rotatable bonds is 6. The lowest BCUT2D eigenvalue weighted by atomic mass is 10.3. The van der Waals surface area contributed by atoms with Gasteiger partial charge < -0.3 is 14.6 Å². The van der Waals surface area contributed by atoms with Crippen LogP contribution in [0.5, 0.6) is 5.75 Å². The molecule has 0 atom stereocenters. The smallest absolute Gasteiger partial charge is 0.254 e. The number of hydrogen-bond donors (Lipinski definition) is 1. The van der Waals surface area contributed by atoms with Gasteiger partial charge in [-0.3, -0.25) is 4.79 Å². The summed E-state index contributed by atoms with van der Waals surface area (Å²) in [4.78, 5) is 16.7. The molecule has 0 spiro atoms. The van der Waals surface area contributed by atoms with E-state index in [9.17, 15) is 4.79 Å². The molecule has 0 radical (unpaired) electrons. The lowest BCUT2D eigenvalue weighted by molar-refractivity contribution is 0.0950. The first-order valence-corrected chi connectivity index (χ1v) is 8.87. The molecule has 0 saturated carbocycles. The topological polar surface area (TPSA) is 74.0 Å². The summed E-state index contributed by atoms with van der Waals surface area (Å²) in [6, 6.07) is 7.51. The number of nitrogens with zero attached hydrogens (tertiary/aromatic N) is 4. The Morgan fingerprint density at radius 2 is 2.12 bits per heavy atom. The second-order valence-electron chi connectivity index (χ2n) is 5.32. The number of benzene rings is 1. The van der Waals surface area contributed by atoms with E-state index < -0.39 is 0 Å². The number of carbonyl (C=O) groups is 1. The molecular formula is C17H19N5O2S. The van der Waals surface area contributed by atoms with Gasteiger partial charge in [0.05, 0.1) is 37.3 Å². The highest BCUT2D eigenvalue weighted by Gasteiger charge is 2.13. The van der Waals surface area contributed by atoms with Crippen LogP contribution < -0.4 is 10.1 Å². The van der Waals surface area contributed by atoms with Crippen molar-refractivity contribution in [3.63, 3.8) is 0 Å². The highest BCUT2D eigenvalue weighted by molar-refractivity contribution is 7.98. The van der Waals surface area contributed by atoms with Crippen LogP contribution in [-0.4, -0.2) is 38.6 Å². The van der Waals surface area contributed by atoms with E-state index in [-0.39, 0.29) is 5.91 Å². The van der Waals surface area contributed by atoms with Gasteiger partial charge in [0.25, 0.3) is 5.91 Å². The highest BCUT2D eigenvalue weighted by atomic mass is 32.2. The average molecular weight is 357 g/mol. The fraction of sp³-hybridized carbons (Fsp3) is 0.235. The number of ether oxygens (including phenoxy) is 1. The van der Waals surface area contributed by atoms with Crippen LogP contribution in [-0.2, 0) is 13.6 Å². The van der Waals surface area contributed by atoms with Gasteiger partial charge in [0.2, 0.25) is 0 Å². The Kier molecular flexibility index (Phi) is 5.08. The van der Waals surface area contributed by atoms with Crippen LogP contribution in [0.1, 0.15) is 16.1 Å². The number of aromatic nitrogens is 4. The molecule has 2 aromatic heterocycles. The van der Waals surface area contributed by atoms with Crippen molar-refractivity contribution in [3.8, 4) is 11.4 Å². The second-order valence-corrected chi connectivity index (χ2v) is 6.10. The zero-order valence-electron chi connectivity index (χ0n) is 14.3. The molecule has 1 N–H and O–H groups in total. The summed E-state index contributed by atoms with van der Waals surface area (Å²) in [5, 5.41) is 8.06. The van der Waals surface area contributed by atoms with Crippen molar-refractivity contribution in [3.05, 3.63) is 54.1 Å². The van der Waals surface area contributed by atoms with Gasteiger partial charge in [-0.25, -0.2) is 9.67 Å². The number of thioether (sulfide) groups is 1. The maximum absolute atomic E-state index is 12.4. The molecule has 1 amide bonds. The Bertz CT molecular complexity index is 887. The molecule has 8 heteroatoms. The molecule has 130 valence electrons. The number of amides is 1. The Balaban J connectivity index is 1.71. The number of methoxy groups -OCH3 is 1. The van der Waals surface area contributed by atoms with Gasteiger partial charge in [-0.15, -0.1) is 0 Å². The van der Waals surface area contributed by atoms with Crippen LogP contribution in [0.2, 0.25) is 0 Å². The Morgan fingerprint density at radius 1 is 1.32 bits per heavy atom. The predicted molar refractivity (Wildman–Crippen MR) is 96.3 cm³/mol. The minimum Gasteiger partial charge on any atom is -0.494 e. The third-order valence-electron chi connectivity index (χ3n) is 3.83. The number of nitrogens with one attached hydrogen (secondary N) is 1. The van der Waals surface area contributed by atoms with Crippen molar-refractivity contribution < 1.29 is 9.53 Å². The third kappa shape index (κ3) is 3.53. The van der Waals surface area contributed by atoms with Crippen molar-refractivity contribution in [2.45, 2.75) is 11.7 Å². The van der Waals surface area contributed by atoms with Crippen molar-refractivity contribution in [1.29, 1.82) is 0 Å². The van der Waals surface area contributed by atoms with Crippen LogP contribution in [0.3, 0.4) is 0 Å². The van der Waals surface area contributed by atoms with E-state index in [1.54, 1.807) is 42.1 Å². The molecule has 0 unspecified atom stereocenters. The molecule has 0 aliphatic heterocycles. The lowest BCUT2D eigenvalue weighted by Crippen LogP contribution is -2.23. The minimum atomic E-state index is -0.187. The molecule has 0 aliphatic rings. The van der Waals surface area contributed by atoms with E-state index in [0.29, 0.717) is 17.9 Å². The van der Waals surface area contributed by atoms with Crippen molar-refractivity contribution >= 4 is 17.7 Å². The SMILES string of the molecule is COc1ccccc1-n1cc(C(=O)NCc2cnc(SC)n2C)cn1. The minimum absolute atomic E-state index is 0.187. The standard InChI is InChI=1S/C17H19N5O2S/c1-21-13(10-19-17(21)25-3)9-18-16(23)12-8-20-22(11-12)14-6-4-5-7-15(14)24-2/h4-8,10-11H,9H2,1-3H3,(H,18,23). The normalized spacial score (nSPS) is 10.7. The zero-order valence-corrected chi connectivity index (χ0v) is 15.1. The van der Waals surface area contributed by atoms with E-state index in [1.165, 1.54) is 0 Å². The Morgan fingerprint density at radius 3 is 2.84 bits per heavy atom. The second kappa shape index (κ2) is 7.43. The van der Waals surface area contributed by atoms with Gasteiger partial charge in [0.15, 0.2) is 5.16 Å². The van der Waals surface area contributed by atoms with Gasteiger partial charge in [-0.1, -0.05) is 23.9 Å². The zero-order chi connectivity index (χ0) is 17.8. The molecule has 25 heavy (non-hydrogen) atoms. The van der Waals surface area contributed by atoms with Gasteiger partial charge in [-0.05, 0) is 18.4 Å². The molecule has 1 aromatic carbocycles. The molecule has 3 aromatic rings. The number of hydrogen-bond acceptors (Lipinski definition) is 5. The van der Waals surface area contributed by atoms with Crippen LogP contribution in [0.4, 0.5) is 0 Å². The molecule has 0 saturated heterocycles. The van der Waals surface area contributed by atoms with Crippen molar-refractivity contribution in [2.24, 2.45) is 7.05 Å². The highest BCUT2D eigenvalue weighted by Crippen LogP contribution is 2.21. The van der Waals surface area contributed by atoms with Crippen LogP contribution in [0, 0.1) is 0 Å². The van der Waals surface area contributed by atoms with Crippen LogP contribution in [0.15, 0.2) is 48.0 Å². The Labute approximate surface area is 150 Å². The number of imidazole rings is 1. The number of para-hydroxylation sites is 2. The lowest BCUT2D eigenvalue weighted by Gasteiger charge is -2.07. The fourth-order valence-corrected chi connectivity index (χ4v) is 2.99. The van der Waals surface area contributed by atoms with E-state index >= 15 is 0 Å². The van der Waals surface area contributed by atoms with E-state index in [0.717, 1.165) is 16.5 Å². The van der Waals surface area contributed by atoms with E-state index in [4.69, 9.17) is 4.74 Å². The maximum Gasteiger partial charge on any atom is 0.254 e. The fourth-order valence-electron chi connectivity index (χ4n) is 2.44. The first-order valence-electron chi connectivity index (χ1n) is 7.65. The Hall–Kier alpha value is -2.74. The molecule has 3 rings (SSSR count). The van der Waals surface area contributed by atoms with Gasteiger partial charge >= 0.3 is 0 Å². The van der Waals surface area contributed by atoms with Crippen LogP contribution >= 0.6 is 11.8 Å². The largest absolute Gasteiger partial charge is 0.494 e. The molecule has 0 aliphatic carbocycles. The average Bonchev–Trinajstić information content (AvgIpc) is 3.26. The molecular weight excluding hydrogens is 338 g/mol. The third-order valence-corrected chi connectivity index (χ3v) is 4.58. The van der Waals surface area contributed by atoms with Gasteiger partial charge in [0.1, 0.15) is 11.4 Å². The predicted octanol–water partition coefficient (Wildman–Crippen LogP) is 2.27. The summed E-state index contributed by atoms with van der Waals surface area (Å²) in [7, 11) is 3.53. The number of carbonyl (C=O) groups excluding carboxylic acids is 1. The first-order chi connectivity index (χ1) is 12.1. The van der Waals surface area contributed by atoms with Gasteiger partial charge in [0, 0.05) is 13.2 Å². The summed E-state index contributed by atoms with van der Waals surface area (Å²) >= 11 is 1.57. The van der Waals surface area contributed by atoms with Crippen molar-refractivity contribution in [2.75, 3.05) is 13.4 Å². The summed E-state index contributed by atoms with van der Waals surface area (Å²) < 4.78 is 8.92. The molecule has 2 heterocycles. The molecule has 7 nitrogen and oxygen atoms in total. The van der Waals surface area contributed by atoms with E-state index in [2.05, 4.69) is 15.4 Å². The van der Waals surface area contributed by atoms with Gasteiger partial charge in [-0.2, -0.15) is 5.10 Å². The van der Waals surface area contributed by atoms with Crippen molar-refractivity contribution in [1.82, 2.24) is 24.6 Å². The molecule has 0 bridgehead atoms. The monoisotopic (exact) mass is 357 g/mol. The first kappa shape index (κ1) is 17.1. The quantitative estimate of drug-likeness (QED) is 0.685. The summed E-state index contributed by atoms with van der Waals surface area (Å²) in [6.07, 6.45) is 6.96. The molecule has 0 fully saturated rings. The van der Waals surface area contributed by atoms with E-state index in [1.807, 2.05) is 42.1 Å². The summed E-state index contributed by atoms with van der Waals surface area (Å²) in [5.74, 6) is 0.505. The maximum atomic E-state index is 12.4.